The van der Waals surface area contributed by atoms with Gasteiger partial charge in [-0.2, -0.15) is 0 Å². The molecule has 0 aromatic carbocycles. The lowest BCUT2D eigenvalue weighted by Gasteiger charge is -2.22. The van der Waals surface area contributed by atoms with Crippen molar-refractivity contribution >= 4 is 10.0 Å². The Morgan fingerprint density at radius 1 is 1.36 bits per heavy atom. The lowest BCUT2D eigenvalue weighted by atomic mass is 10.2. The van der Waals surface area contributed by atoms with E-state index in [0.717, 1.165) is 0 Å². The van der Waals surface area contributed by atoms with E-state index in [2.05, 4.69) is 5.32 Å². The molecular formula is C9H22N2O2S. The molecule has 0 spiro atoms. The van der Waals surface area contributed by atoms with Gasteiger partial charge in [0.2, 0.25) is 10.0 Å². The van der Waals surface area contributed by atoms with Crippen molar-refractivity contribution < 1.29 is 8.42 Å². The van der Waals surface area contributed by atoms with Crippen LogP contribution in [0.3, 0.4) is 0 Å². The third kappa shape index (κ3) is 4.93. The van der Waals surface area contributed by atoms with E-state index in [9.17, 15) is 8.42 Å². The van der Waals surface area contributed by atoms with Crippen molar-refractivity contribution in [1.82, 2.24) is 9.62 Å². The van der Waals surface area contributed by atoms with E-state index in [4.69, 9.17) is 0 Å². The maximum atomic E-state index is 11.7. The van der Waals surface area contributed by atoms with Crippen LogP contribution in [0.15, 0.2) is 0 Å². The largest absolute Gasteiger partial charge is 0.319 e. The molecule has 0 amide bonds. The highest BCUT2D eigenvalue weighted by Gasteiger charge is 2.20. The Morgan fingerprint density at radius 2 is 1.93 bits per heavy atom. The molecule has 1 N–H and O–H groups in total. The van der Waals surface area contributed by atoms with Gasteiger partial charge in [-0.1, -0.05) is 20.8 Å². The fourth-order valence-corrected chi connectivity index (χ4v) is 2.85. The summed E-state index contributed by atoms with van der Waals surface area (Å²) in [4.78, 5) is 0. The van der Waals surface area contributed by atoms with Crippen molar-refractivity contribution in [2.75, 3.05) is 32.4 Å². The molecule has 0 aromatic heterocycles. The van der Waals surface area contributed by atoms with Crippen LogP contribution in [0.25, 0.3) is 0 Å². The van der Waals surface area contributed by atoms with Crippen LogP contribution in [0.4, 0.5) is 0 Å². The van der Waals surface area contributed by atoms with Crippen molar-refractivity contribution in [3.8, 4) is 0 Å². The van der Waals surface area contributed by atoms with Gasteiger partial charge in [0.05, 0.1) is 5.75 Å². The molecule has 5 heteroatoms. The first kappa shape index (κ1) is 13.9. The van der Waals surface area contributed by atoms with E-state index in [1.54, 1.807) is 11.4 Å². The van der Waals surface area contributed by atoms with E-state index < -0.39 is 10.0 Å². The molecule has 0 aromatic rings. The van der Waals surface area contributed by atoms with Crippen LogP contribution in [-0.2, 0) is 10.0 Å². The molecular weight excluding hydrogens is 200 g/mol. The van der Waals surface area contributed by atoms with E-state index >= 15 is 0 Å². The first-order chi connectivity index (χ1) is 6.44. The predicted octanol–water partition coefficient (Wildman–Crippen LogP) is 0.514. The van der Waals surface area contributed by atoms with Crippen LogP contribution in [0.2, 0.25) is 0 Å². The molecule has 0 saturated heterocycles. The van der Waals surface area contributed by atoms with Crippen molar-refractivity contribution in [2.45, 2.75) is 20.8 Å². The molecule has 0 bridgehead atoms. The summed E-state index contributed by atoms with van der Waals surface area (Å²) >= 11 is 0. The zero-order valence-corrected chi connectivity index (χ0v) is 10.4. The standard InChI is InChI=1S/C9H22N2O2S/c1-5-11(8-9(2)3)14(12,13)7-6-10-4/h9-10H,5-8H2,1-4H3. The van der Waals surface area contributed by atoms with Crippen LogP contribution < -0.4 is 5.32 Å². The van der Waals surface area contributed by atoms with Crippen LogP contribution in [0.5, 0.6) is 0 Å². The van der Waals surface area contributed by atoms with E-state index in [1.165, 1.54) is 0 Å². The van der Waals surface area contributed by atoms with Gasteiger partial charge in [0.25, 0.3) is 0 Å². The number of hydrogen-bond acceptors (Lipinski definition) is 3. The third-order valence-corrected chi connectivity index (χ3v) is 3.84. The molecule has 4 nitrogen and oxygen atoms in total. The molecule has 0 unspecified atom stereocenters. The zero-order valence-electron chi connectivity index (χ0n) is 9.58. The Labute approximate surface area is 87.7 Å². The Morgan fingerprint density at radius 3 is 2.29 bits per heavy atom. The molecule has 0 heterocycles. The SMILES string of the molecule is CCN(CC(C)C)S(=O)(=O)CCNC. The molecule has 0 aliphatic heterocycles. The van der Waals surface area contributed by atoms with Crippen molar-refractivity contribution in [3.05, 3.63) is 0 Å². The minimum Gasteiger partial charge on any atom is -0.319 e. The van der Waals surface area contributed by atoms with Gasteiger partial charge in [0, 0.05) is 19.6 Å². The Balaban J connectivity index is 4.34. The summed E-state index contributed by atoms with van der Waals surface area (Å²) in [7, 11) is -1.30. The molecule has 0 aliphatic carbocycles. The van der Waals surface area contributed by atoms with Crippen LogP contribution in [0, 0.1) is 5.92 Å². The maximum Gasteiger partial charge on any atom is 0.215 e. The number of nitrogens with one attached hydrogen (secondary N) is 1. The highest BCUT2D eigenvalue weighted by Crippen LogP contribution is 2.05. The molecule has 0 saturated carbocycles. The number of rotatable bonds is 7. The van der Waals surface area contributed by atoms with Gasteiger partial charge in [0.1, 0.15) is 0 Å². The number of nitrogens with zero attached hydrogens (tertiary/aromatic N) is 1. The topological polar surface area (TPSA) is 49.4 Å². The van der Waals surface area contributed by atoms with E-state index in [-0.39, 0.29) is 5.75 Å². The fourth-order valence-electron chi connectivity index (χ4n) is 1.21. The van der Waals surface area contributed by atoms with Crippen molar-refractivity contribution in [3.63, 3.8) is 0 Å². The van der Waals surface area contributed by atoms with Gasteiger partial charge in [0.15, 0.2) is 0 Å². The van der Waals surface area contributed by atoms with Gasteiger partial charge >= 0.3 is 0 Å². The molecule has 0 fully saturated rings. The first-order valence-electron chi connectivity index (χ1n) is 5.06. The van der Waals surface area contributed by atoms with Gasteiger partial charge < -0.3 is 5.32 Å². The summed E-state index contributed by atoms with van der Waals surface area (Å²) in [5.41, 5.74) is 0. The Hall–Kier alpha value is -0.130. The van der Waals surface area contributed by atoms with Crippen LogP contribution in [-0.4, -0.2) is 45.2 Å². The van der Waals surface area contributed by atoms with Crippen LogP contribution in [0.1, 0.15) is 20.8 Å². The zero-order chi connectivity index (χ0) is 11.2. The van der Waals surface area contributed by atoms with Crippen molar-refractivity contribution in [2.24, 2.45) is 5.92 Å². The predicted molar refractivity (Wildman–Crippen MR) is 59.8 cm³/mol. The molecule has 0 radical (unpaired) electrons. The van der Waals surface area contributed by atoms with Gasteiger partial charge in [-0.25, -0.2) is 12.7 Å². The molecule has 0 aliphatic rings. The second-order valence-electron chi connectivity index (χ2n) is 3.76. The quantitative estimate of drug-likeness (QED) is 0.683. The van der Waals surface area contributed by atoms with Gasteiger partial charge in [-0.05, 0) is 13.0 Å². The summed E-state index contributed by atoms with van der Waals surface area (Å²) in [6.45, 7) is 7.61. The lowest BCUT2D eigenvalue weighted by Crippen LogP contribution is -2.37. The monoisotopic (exact) mass is 222 g/mol. The summed E-state index contributed by atoms with van der Waals surface area (Å²) in [6, 6.07) is 0. The van der Waals surface area contributed by atoms with Gasteiger partial charge in [-0.15, -0.1) is 0 Å². The third-order valence-electron chi connectivity index (χ3n) is 1.92. The summed E-state index contributed by atoms with van der Waals surface area (Å²) in [5, 5.41) is 2.85. The highest BCUT2D eigenvalue weighted by molar-refractivity contribution is 7.89. The molecule has 14 heavy (non-hydrogen) atoms. The van der Waals surface area contributed by atoms with E-state index in [0.29, 0.717) is 25.6 Å². The average molecular weight is 222 g/mol. The smallest absolute Gasteiger partial charge is 0.215 e. The number of sulfonamides is 1. The second-order valence-corrected chi connectivity index (χ2v) is 5.85. The Bertz CT molecular complexity index is 237. The highest BCUT2D eigenvalue weighted by atomic mass is 32.2. The first-order valence-corrected chi connectivity index (χ1v) is 6.67. The molecule has 0 rings (SSSR count). The summed E-state index contributed by atoms with van der Waals surface area (Å²) in [6.07, 6.45) is 0. The lowest BCUT2D eigenvalue weighted by molar-refractivity contribution is 0.380. The number of hydrogen-bond donors (Lipinski definition) is 1. The summed E-state index contributed by atoms with van der Waals surface area (Å²) < 4.78 is 25.0. The fraction of sp³-hybridized carbons (Fsp3) is 1.00. The minimum absolute atomic E-state index is 0.185. The average Bonchev–Trinajstić information content (AvgIpc) is 2.10. The summed E-state index contributed by atoms with van der Waals surface area (Å²) in [5.74, 6) is 0.559. The van der Waals surface area contributed by atoms with Gasteiger partial charge in [-0.3, -0.25) is 0 Å². The van der Waals surface area contributed by atoms with Crippen LogP contribution >= 0.6 is 0 Å². The van der Waals surface area contributed by atoms with Crippen molar-refractivity contribution in [1.29, 1.82) is 0 Å². The maximum absolute atomic E-state index is 11.7. The Kier molecular flexibility index (Phi) is 6.31. The van der Waals surface area contributed by atoms with E-state index in [1.807, 2.05) is 20.8 Å². The molecule has 0 atom stereocenters. The molecule has 86 valence electrons. The second kappa shape index (κ2) is 6.37. The minimum atomic E-state index is -3.06. The normalized spacial score (nSPS) is 12.7.